The van der Waals surface area contributed by atoms with Crippen molar-refractivity contribution < 1.29 is 4.84 Å². The maximum Gasteiger partial charge on any atom is 0.117 e. The van der Waals surface area contributed by atoms with E-state index in [1.165, 1.54) is 19.3 Å². The second-order valence-corrected chi connectivity index (χ2v) is 4.12. The van der Waals surface area contributed by atoms with E-state index in [0.29, 0.717) is 11.6 Å². The number of oxime groups is 1. The van der Waals surface area contributed by atoms with E-state index in [1.54, 1.807) is 6.21 Å². The number of rotatable bonds is 7. The van der Waals surface area contributed by atoms with Crippen LogP contribution in [0.25, 0.3) is 0 Å². The summed E-state index contributed by atoms with van der Waals surface area (Å²) in [5.74, 6) is 0. The van der Waals surface area contributed by atoms with Crippen LogP contribution in [0.15, 0.2) is 29.4 Å². The highest BCUT2D eigenvalue weighted by Crippen LogP contribution is 2.08. The number of hydrogen-bond donors (Lipinski definition) is 0. The molecule has 0 radical (unpaired) electrons. The molecule has 1 aromatic carbocycles. The minimum absolute atomic E-state index is 0.692. The lowest BCUT2D eigenvalue weighted by Gasteiger charge is -1.98. The van der Waals surface area contributed by atoms with Gasteiger partial charge in [-0.1, -0.05) is 48.7 Å². The molecule has 0 aliphatic heterocycles. The van der Waals surface area contributed by atoms with Crippen molar-refractivity contribution in [1.82, 2.24) is 0 Å². The highest BCUT2D eigenvalue weighted by molar-refractivity contribution is 6.30. The van der Waals surface area contributed by atoms with Gasteiger partial charge < -0.3 is 4.84 Å². The first-order valence-electron chi connectivity index (χ1n) is 5.74. The Labute approximate surface area is 102 Å². The van der Waals surface area contributed by atoms with Crippen LogP contribution in [0.5, 0.6) is 0 Å². The van der Waals surface area contributed by atoms with Gasteiger partial charge in [0.15, 0.2) is 0 Å². The van der Waals surface area contributed by atoms with Crippen LogP contribution in [-0.2, 0) is 4.84 Å². The van der Waals surface area contributed by atoms with Crippen molar-refractivity contribution >= 4 is 17.8 Å². The minimum atomic E-state index is 0.692. The van der Waals surface area contributed by atoms with Crippen molar-refractivity contribution in [2.75, 3.05) is 6.61 Å². The molecule has 0 saturated carbocycles. The highest BCUT2D eigenvalue weighted by Gasteiger charge is 1.90. The molecule has 0 heterocycles. The summed E-state index contributed by atoms with van der Waals surface area (Å²) < 4.78 is 0. The largest absolute Gasteiger partial charge is 0.396 e. The molecule has 0 bridgehead atoms. The van der Waals surface area contributed by atoms with E-state index >= 15 is 0 Å². The van der Waals surface area contributed by atoms with Crippen LogP contribution in [-0.4, -0.2) is 12.8 Å². The van der Waals surface area contributed by atoms with E-state index in [1.807, 2.05) is 24.3 Å². The fraction of sp³-hybridized carbons (Fsp3) is 0.462. The van der Waals surface area contributed by atoms with Gasteiger partial charge in [-0.05, 0) is 30.5 Å². The molecular weight excluding hydrogens is 222 g/mol. The van der Waals surface area contributed by atoms with Crippen molar-refractivity contribution in [3.05, 3.63) is 34.9 Å². The molecule has 0 fully saturated rings. The van der Waals surface area contributed by atoms with Gasteiger partial charge in [0.1, 0.15) is 6.61 Å². The topological polar surface area (TPSA) is 21.6 Å². The lowest BCUT2D eigenvalue weighted by atomic mass is 10.2. The first-order valence-corrected chi connectivity index (χ1v) is 6.11. The Morgan fingerprint density at radius 3 is 2.94 bits per heavy atom. The SMILES string of the molecule is CCCCCCON=Cc1cccc(Cl)c1. The zero-order chi connectivity index (χ0) is 11.6. The predicted molar refractivity (Wildman–Crippen MR) is 69.1 cm³/mol. The fourth-order valence-corrected chi connectivity index (χ4v) is 1.53. The second-order valence-electron chi connectivity index (χ2n) is 3.68. The first-order chi connectivity index (χ1) is 7.83. The van der Waals surface area contributed by atoms with Gasteiger partial charge in [0.25, 0.3) is 0 Å². The van der Waals surface area contributed by atoms with Crippen LogP contribution in [0.4, 0.5) is 0 Å². The summed E-state index contributed by atoms with van der Waals surface area (Å²) in [5.41, 5.74) is 0.959. The summed E-state index contributed by atoms with van der Waals surface area (Å²) in [6.07, 6.45) is 6.47. The molecule has 0 N–H and O–H groups in total. The summed E-state index contributed by atoms with van der Waals surface area (Å²) in [7, 11) is 0. The Hall–Kier alpha value is -1.02. The molecule has 1 rings (SSSR count). The molecule has 1 aromatic rings. The molecular formula is C13H18ClNO. The molecule has 0 saturated heterocycles. The summed E-state index contributed by atoms with van der Waals surface area (Å²) in [5, 5.41) is 4.61. The Morgan fingerprint density at radius 2 is 2.19 bits per heavy atom. The molecule has 0 aliphatic rings. The molecule has 0 amide bonds. The van der Waals surface area contributed by atoms with Crippen LogP contribution in [0.1, 0.15) is 38.2 Å². The zero-order valence-electron chi connectivity index (χ0n) is 9.66. The molecule has 2 nitrogen and oxygen atoms in total. The van der Waals surface area contributed by atoms with Gasteiger partial charge in [-0.2, -0.15) is 0 Å². The third-order valence-electron chi connectivity index (χ3n) is 2.21. The van der Waals surface area contributed by atoms with Crippen LogP contribution >= 0.6 is 11.6 Å². The van der Waals surface area contributed by atoms with E-state index in [4.69, 9.17) is 16.4 Å². The summed E-state index contributed by atoms with van der Waals surface area (Å²) >= 11 is 5.84. The maximum atomic E-state index is 5.84. The first kappa shape index (κ1) is 13.0. The van der Waals surface area contributed by atoms with Crippen molar-refractivity contribution in [1.29, 1.82) is 0 Å². The summed E-state index contributed by atoms with van der Waals surface area (Å²) in [6.45, 7) is 2.88. The minimum Gasteiger partial charge on any atom is -0.396 e. The number of halogens is 1. The molecule has 0 unspecified atom stereocenters. The number of benzene rings is 1. The number of hydrogen-bond acceptors (Lipinski definition) is 2. The van der Waals surface area contributed by atoms with Crippen LogP contribution in [0, 0.1) is 0 Å². The highest BCUT2D eigenvalue weighted by atomic mass is 35.5. The fourth-order valence-electron chi connectivity index (χ4n) is 1.33. The summed E-state index contributed by atoms with van der Waals surface area (Å²) in [4.78, 5) is 5.15. The van der Waals surface area contributed by atoms with Gasteiger partial charge in [-0.15, -0.1) is 0 Å². The molecule has 16 heavy (non-hydrogen) atoms. The zero-order valence-corrected chi connectivity index (χ0v) is 10.4. The molecule has 88 valence electrons. The number of nitrogens with zero attached hydrogens (tertiary/aromatic N) is 1. The monoisotopic (exact) mass is 239 g/mol. The number of unbranched alkanes of at least 4 members (excludes halogenated alkanes) is 3. The van der Waals surface area contributed by atoms with Gasteiger partial charge in [-0.25, -0.2) is 0 Å². The van der Waals surface area contributed by atoms with Crippen LogP contribution in [0.2, 0.25) is 5.02 Å². The van der Waals surface area contributed by atoms with Gasteiger partial charge in [0.05, 0.1) is 6.21 Å². The van der Waals surface area contributed by atoms with Crippen molar-refractivity contribution in [3.8, 4) is 0 Å². The van der Waals surface area contributed by atoms with Crippen molar-refractivity contribution in [2.45, 2.75) is 32.6 Å². The van der Waals surface area contributed by atoms with E-state index in [2.05, 4.69) is 12.1 Å². The standard InChI is InChI=1S/C13H18ClNO/c1-2-3-4-5-9-16-15-11-12-7-6-8-13(14)10-12/h6-8,10-11H,2-5,9H2,1H3. The molecule has 0 aliphatic carbocycles. The average molecular weight is 240 g/mol. The smallest absolute Gasteiger partial charge is 0.117 e. The van der Waals surface area contributed by atoms with Gasteiger partial charge in [-0.3, -0.25) is 0 Å². The predicted octanol–water partition coefficient (Wildman–Crippen LogP) is 4.27. The average Bonchev–Trinajstić information content (AvgIpc) is 2.28. The Bertz CT molecular complexity index is 325. The van der Waals surface area contributed by atoms with Gasteiger partial charge >= 0.3 is 0 Å². The van der Waals surface area contributed by atoms with E-state index in [-0.39, 0.29) is 0 Å². The van der Waals surface area contributed by atoms with Crippen LogP contribution < -0.4 is 0 Å². The Kier molecular flexibility index (Phi) is 6.66. The lowest BCUT2D eigenvalue weighted by Crippen LogP contribution is -1.89. The normalized spacial score (nSPS) is 10.9. The van der Waals surface area contributed by atoms with E-state index < -0.39 is 0 Å². The molecule has 0 spiro atoms. The molecule has 0 aromatic heterocycles. The Morgan fingerprint density at radius 1 is 1.31 bits per heavy atom. The third kappa shape index (κ3) is 5.76. The van der Waals surface area contributed by atoms with E-state index in [0.717, 1.165) is 12.0 Å². The maximum absolute atomic E-state index is 5.84. The van der Waals surface area contributed by atoms with Gasteiger partial charge in [0, 0.05) is 5.02 Å². The summed E-state index contributed by atoms with van der Waals surface area (Å²) in [6, 6.07) is 7.52. The molecule has 3 heteroatoms. The third-order valence-corrected chi connectivity index (χ3v) is 2.45. The van der Waals surface area contributed by atoms with E-state index in [9.17, 15) is 0 Å². The second kappa shape index (κ2) is 8.17. The van der Waals surface area contributed by atoms with Crippen LogP contribution in [0.3, 0.4) is 0 Å². The lowest BCUT2D eigenvalue weighted by molar-refractivity contribution is 0.141. The van der Waals surface area contributed by atoms with Gasteiger partial charge in [0.2, 0.25) is 0 Å². The quantitative estimate of drug-likeness (QED) is 0.396. The molecule has 0 atom stereocenters. The van der Waals surface area contributed by atoms with Crippen molar-refractivity contribution in [2.24, 2.45) is 5.16 Å². The van der Waals surface area contributed by atoms with Crippen molar-refractivity contribution in [3.63, 3.8) is 0 Å². The Balaban J connectivity index is 2.17.